The van der Waals surface area contributed by atoms with E-state index in [2.05, 4.69) is 20.2 Å². The number of amides is 1. The number of hydrogen-bond acceptors (Lipinski definition) is 7. The van der Waals surface area contributed by atoms with E-state index in [1.165, 1.54) is 11.8 Å². The smallest absolute Gasteiger partial charge is 0.251 e. The fourth-order valence-corrected chi connectivity index (χ4v) is 3.86. The first-order chi connectivity index (χ1) is 14.2. The molecule has 1 aromatic heterocycles. The standard InChI is InChI=1S/C20H25ClN4O3S/c1-27-10-2-7-22-19(26)16-5-3-15(4-6-16)14-29-20-23-17(21)13-18(24-20)25-8-11-28-12-9-25/h3-6,13H,2,7-12,14H2,1H3,(H,22,26). The summed E-state index contributed by atoms with van der Waals surface area (Å²) in [6.07, 6.45) is 0.795. The van der Waals surface area contributed by atoms with Crippen molar-refractivity contribution in [1.82, 2.24) is 15.3 Å². The molecule has 0 saturated carbocycles. The van der Waals surface area contributed by atoms with Crippen LogP contribution in [0.15, 0.2) is 35.5 Å². The van der Waals surface area contributed by atoms with Crippen molar-refractivity contribution in [2.24, 2.45) is 0 Å². The molecular weight excluding hydrogens is 412 g/mol. The third kappa shape index (κ3) is 6.85. The fraction of sp³-hybridized carbons (Fsp3) is 0.450. The summed E-state index contributed by atoms with van der Waals surface area (Å²) in [5, 5.41) is 3.95. The molecule has 0 spiro atoms. The molecule has 3 rings (SSSR count). The molecule has 0 aliphatic carbocycles. The van der Waals surface area contributed by atoms with Crippen LogP contribution in [0.25, 0.3) is 0 Å². The average molecular weight is 437 g/mol. The van der Waals surface area contributed by atoms with E-state index in [1.54, 1.807) is 13.2 Å². The van der Waals surface area contributed by atoms with Gasteiger partial charge in [0.15, 0.2) is 5.16 Å². The first-order valence-corrected chi connectivity index (χ1v) is 10.9. The van der Waals surface area contributed by atoms with Crippen molar-refractivity contribution in [3.05, 3.63) is 46.6 Å². The monoisotopic (exact) mass is 436 g/mol. The average Bonchev–Trinajstić information content (AvgIpc) is 2.76. The summed E-state index contributed by atoms with van der Waals surface area (Å²) in [6, 6.07) is 9.35. The van der Waals surface area contributed by atoms with Gasteiger partial charge in [0.1, 0.15) is 11.0 Å². The number of morpholine rings is 1. The van der Waals surface area contributed by atoms with Crippen LogP contribution in [-0.4, -0.2) is 62.4 Å². The number of rotatable bonds is 9. The highest BCUT2D eigenvalue weighted by atomic mass is 35.5. The van der Waals surface area contributed by atoms with E-state index in [9.17, 15) is 4.79 Å². The van der Waals surface area contributed by atoms with Crippen molar-refractivity contribution >= 4 is 35.1 Å². The highest BCUT2D eigenvalue weighted by Gasteiger charge is 2.15. The number of carbonyl (C=O) groups is 1. The van der Waals surface area contributed by atoms with E-state index >= 15 is 0 Å². The SMILES string of the molecule is COCCCNC(=O)c1ccc(CSc2nc(Cl)cc(N3CCOCC3)n2)cc1. The maximum absolute atomic E-state index is 12.1. The lowest BCUT2D eigenvalue weighted by Gasteiger charge is -2.27. The first kappa shape index (κ1) is 21.8. The Balaban J connectivity index is 1.54. The van der Waals surface area contributed by atoms with Crippen molar-refractivity contribution in [2.45, 2.75) is 17.3 Å². The summed E-state index contributed by atoms with van der Waals surface area (Å²) in [7, 11) is 1.65. The zero-order valence-electron chi connectivity index (χ0n) is 16.4. The lowest BCUT2D eigenvalue weighted by Crippen LogP contribution is -2.36. The summed E-state index contributed by atoms with van der Waals surface area (Å²) in [4.78, 5) is 23.2. The molecule has 0 atom stereocenters. The van der Waals surface area contributed by atoms with Crippen molar-refractivity contribution in [2.75, 3.05) is 51.5 Å². The van der Waals surface area contributed by atoms with Gasteiger partial charge >= 0.3 is 0 Å². The third-order valence-electron chi connectivity index (χ3n) is 4.39. The quantitative estimate of drug-likeness (QED) is 0.280. The summed E-state index contributed by atoms with van der Waals surface area (Å²) in [5.74, 6) is 1.45. The highest BCUT2D eigenvalue weighted by molar-refractivity contribution is 7.98. The number of nitrogens with one attached hydrogen (secondary N) is 1. The Labute approximate surface area is 180 Å². The molecule has 29 heavy (non-hydrogen) atoms. The van der Waals surface area contributed by atoms with Crippen LogP contribution in [-0.2, 0) is 15.2 Å². The maximum Gasteiger partial charge on any atom is 0.251 e. The molecule has 1 N–H and O–H groups in total. The maximum atomic E-state index is 12.1. The van der Waals surface area contributed by atoms with Crippen molar-refractivity contribution in [3.8, 4) is 0 Å². The zero-order valence-corrected chi connectivity index (χ0v) is 18.0. The molecule has 1 saturated heterocycles. The molecule has 1 aliphatic heterocycles. The Bertz CT molecular complexity index is 801. The minimum Gasteiger partial charge on any atom is -0.385 e. The molecule has 0 unspecified atom stereocenters. The Morgan fingerprint density at radius 3 is 2.76 bits per heavy atom. The van der Waals surface area contributed by atoms with Gasteiger partial charge < -0.3 is 19.7 Å². The largest absolute Gasteiger partial charge is 0.385 e. The summed E-state index contributed by atoms with van der Waals surface area (Å²) in [6.45, 7) is 4.21. The molecule has 1 aromatic carbocycles. The Kier molecular flexibility index (Phi) is 8.54. The second-order valence-corrected chi connectivity index (χ2v) is 7.85. The van der Waals surface area contributed by atoms with Crippen LogP contribution in [0.5, 0.6) is 0 Å². The number of anilines is 1. The number of benzene rings is 1. The van der Waals surface area contributed by atoms with Gasteiger partial charge in [-0.25, -0.2) is 9.97 Å². The van der Waals surface area contributed by atoms with Crippen LogP contribution < -0.4 is 10.2 Å². The Morgan fingerprint density at radius 2 is 2.03 bits per heavy atom. The number of methoxy groups -OCH3 is 1. The molecule has 7 nitrogen and oxygen atoms in total. The van der Waals surface area contributed by atoms with Crippen molar-refractivity contribution in [3.63, 3.8) is 0 Å². The van der Waals surface area contributed by atoms with Crippen LogP contribution in [0.2, 0.25) is 5.15 Å². The fourth-order valence-electron chi connectivity index (χ4n) is 2.83. The van der Waals surface area contributed by atoms with Gasteiger partial charge in [0, 0.05) is 50.7 Å². The number of hydrogen-bond donors (Lipinski definition) is 1. The van der Waals surface area contributed by atoms with E-state index in [1.807, 2.05) is 24.3 Å². The number of aromatic nitrogens is 2. The molecular formula is C20H25ClN4O3S. The third-order valence-corrected chi connectivity index (χ3v) is 5.50. The molecule has 9 heteroatoms. The second kappa shape index (κ2) is 11.3. The minimum absolute atomic E-state index is 0.0753. The summed E-state index contributed by atoms with van der Waals surface area (Å²) < 4.78 is 10.4. The molecule has 2 aromatic rings. The van der Waals surface area contributed by atoms with Gasteiger partial charge in [-0.1, -0.05) is 35.5 Å². The van der Waals surface area contributed by atoms with Gasteiger partial charge in [0.05, 0.1) is 13.2 Å². The number of halogens is 1. The predicted molar refractivity (Wildman–Crippen MR) is 115 cm³/mol. The minimum atomic E-state index is -0.0753. The van der Waals surface area contributed by atoms with Crippen molar-refractivity contribution in [1.29, 1.82) is 0 Å². The number of ether oxygens (including phenoxy) is 2. The van der Waals surface area contributed by atoms with E-state index in [4.69, 9.17) is 21.1 Å². The normalized spacial score (nSPS) is 14.1. The molecule has 0 radical (unpaired) electrons. The first-order valence-electron chi connectivity index (χ1n) is 9.52. The lowest BCUT2D eigenvalue weighted by molar-refractivity contribution is 0.0948. The Hall–Kier alpha value is -1.87. The van der Waals surface area contributed by atoms with Crippen LogP contribution in [0.3, 0.4) is 0 Å². The molecule has 2 heterocycles. The highest BCUT2D eigenvalue weighted by Crippen LogP contribution is 2.25. The molecule has 0 bridgehead atoms. The molecule has 1 fully saturated rings. The van der Waals surface area contributed by atoms with E-state index < -0.39 is 0 Å². The van der Waals surface area contributed by atoms with Gasteiger partial charge in [-0.05, 0) is 24.1 Å². The van der Waals surface area contributed by atoms with Gasteiger partial charge in [-0.2, -0.15) is 0 Å². The number of carbonyl (C=O) groups excluding carboxylic acids is 1. The van der Waals surface area contributed by atoms with Crippen molar-refractivity contribution < 1.29 is 14.3 Å². The number of nitrogens with zero attached hydrogens (tertiary/aromatic N) is 3. The van der Waals surface area contributed by atoms with Crippen LogP contribution in [0.1, 0.15) is 22.3 Å². The predicted octanol–water partition coefficient (Wildman–Crippen LogP) is 3.03. The summed E-state index contributed by atoms with van der Waals surface area (Å²) in [5.41, 5.74) is 1.73. The molecule has 1 aliphatic rings. The van der Waals surface area contributed by atoms with Crippen LogP contribution in [0.4, 0.5) is 5.82 Å². The van der Waals surface area contributed by atoms with Crippen LogP contribution in [0, 0.1) is 0 Å². The van der Waals surface area contributed by atoms with Crippen LogP contribution >= 0.6 is 23.4 Å². The van der Waals surface area contributed by atoms with Gasteiger partial charge in [-0.15, -0.1) is 0 Å². The lowest BCUT2D eigenvalue weighted by atomic mass is 10.1. The zero-order chi connectivity index (χ0) is 20.5. The van der Waals surface area contributed by atoms with Gasteiger partial charge in [0.2, 0.25) is 0 Å². The topological polar surface area (TPSA) is 76.6 Å². The summed E-state index contributed by atoms with van der Waals surface area (Å²) >= 11 is 7.71. The molecule has 1 amide bonds. The van der Waals surface area contributed by atoms with E-state index in [0.717, 1.165) is 30.9 Å². The van der Waals surface area contributed by atoms with E-state index in [-0.39, 0.29) is 5.91 Å². The Morgan fingerprint density at radius 1 is 1.28 bits per heavy atom. The number of thioether (sulfide) groups is 1. The van der Waals surface area contributed by atoms with Gasteiger partial charge in [0.25, 0.3) is 5.91 Å². The van der Waals surface area contributed by atoms with Gasteiger partial charge in [-0.3, -0.25) is 4.79 Å². The molecule has 156 valence electrons. The van der Waals surface area contributed by atoms with E-state index in [0.29, 0.717) is 48.0 Å². The second-order valence-electron chi connectivity index (χ2n) is 6.52.